The number of carboxylic acids is 1. The molecule has 3 aromatic carbocycles. The van der Waals surface area contributed by atoms with Gasteiger partial charge in [-0.2, -0.15) is 0 Å². The van der Waals surface area contributed by atoms with E-state index in [1.54, 1.807) is 6.07 Å². The molecule has 156 valence electrons. The predicted molar refractivity (Wildman–Crippen MR) is 123 cm³/mol. The topological polar surface area (TPSA) is 71.3 Å². The number of aromatic nitrogens is 1. The first kappa shape index (κ1) is 20.7. The van der Waals surface area contributed by atoms with Gasteiger partial charge < -0.3 is 15.0 Å². The summed E-state index contributed by atoms with van der Waals surface area (Å²) in [6.45, 7) is 0.621. The molecular formula is C25H21ClN2O3. The Morgan fingerprint density at radius 2 is 1.71 bits per heavy atom. The highest BCUT2D eigenvalue weighted by molar-refractivity contribution is 6.30. The van der Waals surface area contributed by atoms with Crippen LogP contribution < -0.4 is 5.32 Å². The first-order chi connectivity index (χ1) is 15.0. The van der Waals surface area contributed by atoms with Crippen molar-refractivity contribution in [2.75, 3.05) is 5.32 Å². The van der Waals surface area contributed by atoms with E-state index in [0.29, 0.717) is 29.2 Å². The number of fused-ring (bicyclic) bond motifs is 1. The Kier molecular flexibility index (Phi) is 6.05. The van der Waals surface area contributed by atoms with E-state index in [9.17, 15) is 9.59 Å². The third-order valence-corrected chi connectivity index (χ3v) is 5.36. The van der Waals surface area contributed by atoms with Crippen LogP contribution in [0.25, 0.3) is 10.9 Å². The Bertz CT molecular complexity index is 1250. The highest BCUT2D eigenvalue weighted by Crippen LogP contribution is 2.23. The van der Waals surface area contributed by atoms with Gasteiger partial charge in [-0.3, -0.25) is 9.59 Å². The van der Waals surface area contributed by atoms with E-state index in [4.69, 9.17) is 16.7 Å². The molecule has 0 aliphatic heterocycles. The van der Waals surface area contributed by atoms with Gasteiger partial charge in [0.05, 0.1) is 11.1 Å². The number of amides is 1. The Morgan fingerprint density at radius 1 is 0.935 bits per heavy atom. The van der Waals surface area contributed by atoms with E-state index in [0.717, 1.165) is 22.0 Å². The molecule has 4 rings (SSSR count). The molecule has 1 amide bonds. The Balaban J connectivity index is 1.60. The number of nitrogens with zero attached hydrogens (tertiary/aromatic N) is 1. The third-order valence-electron chi connectivity index (χ3n) is 5.11. The average Bonchev–Trinajstić information content (AvgIpc) is 3.17. The van der Waals surface area contributed by atoms with Gasteiger partial charge in [-0.25, -0.2) is 0 Å². The van der Waals surface area contributed by atoms with Crippen molar-refractivity contribution in [1.82, 2.24) is 4.57 Å². The number of hydrogen-bond donors (Lipinski definition) is 2. The molecule has 2 N–H and O–H groups in total. The number of hydrogen-bond acceptors (Lipinski definition) is 2. The summed E-state index contributed by atoms with van der Waals surface area (Å²) >= 11 is 5.99. The van der Waals surface area contributed by atoms with Gasteiger partial charge in [0, 0.05) is 35.3 Å². The number of rotatable bonds is 7. The molecule has 0 unspecified atom stereocenters. The minimum absolute atomic E-state index is 0.0505. The van der Waals surface area contributed by atoms with Crippen molar-refractivity contribution >= 4 is 40.1 Å². The summed E-state index contributed by atoms with van der Waals surface area (Å²) in [5.74, 6) is -1.06. The van der Waals surface area contributed by atoms with Crippen LogP contribution in [-0.4, -0.2) is 21.6 Å². The summed E-state index contributed by atoms with van der Waals surface area (Å²) in [5.41, 5.74) is 4.03. The molecule has 6 heteroatoms. The van der Waals surface area contributed by atoms with Gasteiger partial charge >= 0.3 is 5.97 Å². The van der Waals surface area contributed by atoms with Gasteiger partial charge in [0.1, 0.15) is 0 Å². The third kappa shape index (κ3) is 4.95. The van der Waals surface area contributed by atoms with Crippen LogP contribution >= 0.6 is 11.6 Å². The summed E-state index contributed by atoms with van der Waals surface area (Å²) in [6, 6.07) is 22.6. The zero-order valence-electron chi connectivity index (χ0n) is 16.7. The lowest BCUT2D eigenvalue weighted by Gasteiger charge is -2.12. The zero-order chi connectivity index (χ0) is 21.8. The minimum atomic E-state index is -0.845. The number of carbonyl (C=O) groups excluding carboxylic acids is 1. The van der Waals surface area contributed by atoms with Gasteiger partial charge in [-0.05, 0) is 53.9 Å². The van der Waals surface area contributed by atoms with Crippen LogP contribution in [-0.2, 0) is 17.8 Å². The fourth-order valence-corrected chi connectivity index (χ4v) is 3.74. The van der Waals surface area contributed by atoms with Crippen molar-refractivity contribution in [2.45, 2.75) is 19.4 Å². The summed E-state index contributed by atoms with van der Waals surface area (Å²) in [4.78, 5) is 23.9. The molecule has 0 aliphatic carbocycles. The lowest BCUT2D eigenvalue weighted by molar-refractivity contribution is -0.136. The van der Waals surface area contributed by atoms with E-state index in [1.807, 2.05) is 72.9 Å². The summed E-state index contributed by atoms with van der Waals surface area (Å²) in [5, 5.41) is 13.5. The number of carboxylic acid groups (broad SMARTS) is 1. The number of halogens is 1. The lowest BCUT2D eigenvalue weighted by Crippen LogP contribution is -2.14. The molecule has 0 fully saturated rings. The number of aliphatic carboxylic acids is 1. The van der Waals surface area contributed by atoms with Crippen LogP contribution in [0.3, 0.4) is 0 Å². The lowest BCUT2D eigenvalue weighted by atomic mass is 10.1. The van der Waals surface area contributed by atoms with Gasteiger partial charge in [0.15, 0.2) is 0 Å². The van der Waals surface area contributed by atoms with Crippen molar-refractivity contribution in [1.29, 1.82) is 0 Å². The molecule has 0 atom stereocenters. The second-order valence-electron chi connectivity index (χ2n) is 7.36. The van der Waals surface area contributed by atoms with Crippen LogP contribution in [0.2, 0.25) is 5.02 Å². The molecule has 0 aliphatic rings. The Labute approximate surface area is 184 Å². The fraction of sp³-hybridized carbons (Fsp3) is 0.120. The average molecular weight is 433 g/mol. The largest absolute Gasteiger partial charge is 0.481 e. The van der Waals surface area contributed by atoms with Crippen LogP contribution in [0.1, 0.15) is 27.9 Å². The highest BCUT2D eigenvalue weighted by atomic mass is 35.5. The molecule has 5 nitrogen and oxygen atoms in total. The van der Waals surface area contributed by atoms with E-state index in [2.05, 4.69) is 9.88 Å². The summed E-state index contributed by atoms with van der Waals surface area (Å²) < 4.78 is 2.05. The number of benzene rings is 3. The summed E-state index contributed by atoms with van der Waals surface area (Å²) in [6.07, 6.45) is 2.44. The van der Waals surface area contributed by atoms with Gasteiger partial charge in [0.2, 0.25) is 0 Å². The van der Waals surface area contributed by atoms with Crippen molar-refractivity contribution in [2.24, 2.45) is 0 Å². The standard InChI is InChI=1S/C25H21ClN2O3/c26-20-10-7-18(8-11-20)16-28-14-13-19-4-2-6-22(24(19)28)25(31)27-21-5-1-3-17(15-21)9-12-23(29)30/h1-8,10-11,13-15H,9,12,16H2,(H,27,31)(H,29,30). The molecule has 0 bridgehead atoms. The van der Waals surface area contributed by atoms with Gasteiger partial charge in [-0.15, -0.1) is 0 Å². The van der Waals surface area contributed by atoms with E-state index < -0.39 is 5.97 Å². The molecular weight excluding hydrogens is 412 g/mol. The van der Waals surface area contributed by atoms with Crippen molar-refractivity contribution in [3.63, 3.8) is 0 Å². The zero-order valence-corrected chi connectivity index (χ0v) is 17.5. The quantitative estimate of drug-likeness (QED) is 0.398. The maximum absolute atomic E-state index is 13.1. The second kappa shape index (κ2) is 9.06. The first-order valence-corrected chi connectivity index (χ1v) is 10.3. The molecule has 31 heavy (non-hydrogen) atoms. The second-order valence-corrected chi connectivity index (χ2v) is 7.80. The van der Waals surface area contributed by atoms with E-state index in [1.165, 1.54) is 0 Å². The molecule has 0 radical (unpaired) electrons. The van der Waals surface area contributed by atoms with Crippen LogP contribution in [0.15, 0.2) is 79.0 Å². The molecule has 0 saturated carbocycles. The van der Waals surface area contributed by atoms with Crippen molar-refractivity contribution < 1.29 is 14.7 Å². The van der Waals surface area contributed by atoms with Crippen LogP contribution in [0.5, 0.6) is 0 Å². The maximum Gasteiger partial charge on any atom is 0.303 e. The fourth-order valence-electron chi connectivity index (χ4n) is 3.62. The number of aryl methyl sites for hydroxylation is 1. The van der Waals surface area contributed by atoms with Crippen LogP contribution in [0, 0.1) is 0 Å². The van der Waals surface area contributed by atoms with Gasteiger partial charge in [-0.1, -0.05) is 48.0 Å². The number of nitrogens with one attached hydrogen (secondary N) is 1. The first-order valence-electron chi connectivity index (χ1n) is 9.94. The van der Waals surface area contributed by atoms with Crippen LogP contribution in [0.4, 0.5) is 5.69 Å². The van der Waals surface area contributed by atoms with Crippen molar-refractivity contribution in [3.8, 4) is 0 Å². The monoisotopic (exact) mass is 432 g/mol. The Hall–Kier alpha value is -3.57. The Morgan fingerprint density at radius 3 is 2.48 bits per heavy atom. The number of para-hydroxylation sites is 1. The number of anilines is 1. The molecule has 1 aromatic heterocycles. The molecule has 0 spiro atoms. The van der Waals surface area contributed by atoms with Crippen molar-refractivity contribution in [3.05, 3.63) is 101 Å². The molecule has 1 heterocycles. The van der Waals surface area contributed by atoms with E-state index >= 15 is 0 Å². The molecule has 4 aromatic rings. The predicted octanol–water partition coefficient (Wildman–Crippen LogP) is 5.61. The smallest absolute Gasteiger partial charge is 0.303 e. The summed E-state index contributed by atoms with van der Waals surface area (Å²) in [7, 11) is 0. The van der Waals surface area contributed by atoms with Gasteiger partial charge in [0.25, 0.3) is 5.91 Å². The minimum Gasteiger partial charge on any atom is -0.481 e. The molecule has 0 saturated heterocycles. The normalized spacial score (nSPS) is 10.9. The maximum atomic E-state index is 13.1. The number of carbonyl (C=O) groups is 2. The SMILES string of the molecule is O=C(O)CCc1cccc(NC(=O)c2cccc3ccn(Cc4ccc(Cl)cc4)c23)c1. The van der Waals surface area contributed by atoms with E-state index in [-0.39, 0.29) is 12.3 Å². The highest BCUT2D eigenvalue weighted by Gasteiger charge is 2.14.